The van der Waals surface area contributed by atoms with Crippen LogP contribution in [0.4, 0.5) is 0 Å². The van der Waals surface area contributed by atoms with Gasteiger partial charge in [0, 0.05) is 26.3 Å². The number of hydrogen-bond acceptors (Lipinski definition) is 6. The number of cyclic esters (lactones) is 1. The molecule has 2 N–H and O–H groups in total. The predicted molar refractivity (Wildman–Crippen MR) is 122 cm³/mol. The first-order valence-electron chi connectivity index (χ1n) is 11.8. The summed E-state index contributed by atoms with van der Waals surface area (Å²) in [7, 11) is 1.67. The van der Waals surface area contributed by atoms with Crippen LogP contribution in [-0.2, 0) is 20.7 Å². The number of aliphatic hydroxyl groups excluding tert-OH is 2. The second kappa shape index (κ2) is 13.4. The van der Waals surface area contributed by atoms with E-state index in [0.717, 1.165) is 31.2 Å². The van der Waals surface area contributed by atoms with Crippen LogP contribution in [0, 0.1) is 5.92 Å². The Morgan fingerprint density at radius 1 is 1.16 bits per heavy atom. The molecule has 1 aliphatic heterocycles. The summed E-state index contributed by atoms with van der Waals surface area (Å²) >= 11 is 0. The van der Waals surface area contributed by atoms with Crippen LogP contribution in [0.15, 0.2) is 24.3 Å². The number of likely N-dealkylation sites (N-methyl/N-ethyl adjacent to an activating group) is 1. The van der Waals surface area contributed by atoms with Crippen LogP contribution in [0.25, 0.3) is 0 Å². The molecule has 0 radical (unpaired) electrons. The highest BCUT2D eigenvalue weighted by atomic mass is 16.5. The summed E-state index contributed by atoms with van der Waals surface area (Å²) in [6, 6.07) is 6.55. The van der Waals surface area contributed by atoms with E-state index in [9.17, 15) is 14.7 Å². The van der Waals surface area contributed by atoms with Crippen molar-refractivity contribution in [2.45, 2.75) is 83.5 Å². The molecule has 7 nitrogen and oxygen atoms in total. The molecule has 0 aromatic heterocycles. The van der Waals surface area contributed by atoms with Gasteiger partial charge in [0.1, 0.15) is 24.5 Å². The van der Waals surface area contributed by atoms with Crippen LogP contribution in [0.1, 0.15) is 64.4 Å². The van der Waals surface area contributed by atoms with Gasteiger partial charge in [-0.25, -0.2) is 4.79 Å². The average Bonchev–Trinajstić information content (AvgIpc) is 2.77. The van der Waals surface area contributed by atoms with Gasteiger partial charge < -0.3 is 24.6 Å². The van der Waals surface area contributed by atoms with Gasteiger partial charge in [0.15, 0.2) is 0 Å². The second-order valence-electron chi connectivity index (χ2n) is 9.01. The molecule has 0 bridgehead atoms. The Labute approximate surface area is 191 Å². The summed E-state index contributed by atoms with van der Waals surface area (Å²) in [4.78, 5) is 27.5. The molecule has 0 spiro atoms. The number of carbonyl (C=O) groups excluding carboxylic acids is 2. The van der Waals surface area contributed by atoms with Crippen LogP contribution in [0.5, 0.6) is 5.75 Å². The molecule has 2 rings (SSSR count). The number of benzene rings is 1. The monoisotopic (exact) mass is 449 g/mol. The van der Waals surface area contributed by atoms with E-state index in [1.54, 1.807) is 26.1 Å². The zero-order valence-corrected chi connectivity index (χ0v) is 19.7. The molecule has 1 fully saturated rings. The quantitative estimate of drug-likeness (QED) is 0.621. The van der Waals surface area contributed by atoms with Crippen molar-refractivity contribution >= 4 is 11.9 Å². The third-order valence-corrected chi connectivity index (χ3v) is 6.05. The number of hydrogen-bond donors (Lipinski definition) is 2. The molecule has 1 aromatic carbocycles. The minimum atomic E-state index is -0.735. The Hall–Kier alpha value is -2.12. The molecule has 1 saturated heterocycles. The number of aliphatic hydroxyl groups is 2. The first-order valence-corrected chi connectivity index (χ1v) is 11.8. The minimum Gasteiger partial charge on any atom is -0.491 e. The smallest absolute Gasteiger partial charge is 0.329 e. The van der Waals surface area contributed by atoms with Crippen LogP contribution in [-0.4, -0.2) is 65.5 Å². The lowest BCUT2D eigenvalue weighted by atomic mass is 9.95. The lowest BCUT2D eigenvalue weighted by Crippen LogP contribution is -2.45. The zero-order chi connectivity index (χ0) is 23.5. The van der Waals surface area contributed by atoms with E-state index in [4.69, 9.17) is 14.6 Å². The van der Waals surface area contributed by atoms with Crippen molar-refractivity contribution in [2.75, 3.05) is 20.3 Å². The van der Waals surface area contributed by atoms with Crippen molar-refractivity contribution in [1.29, 1.82) is 0 Å². The van der Waals surface area contributed by atoms with Gasteiger partial charge >= 0.3 is 5.97 Å². The summed E-state index contributed by atoms with van der Waals surface area (Å²) in [6.07, 6.45) is 4.67. The van der Waals surface area contributed by atoms with E-state index < -0.39 is 18.1 Å². The highest BCUT2D eigenvalue weighted by molar-refractivity contribution is 5.84. The Balaban J connectivity index is 2.20. The number of amides is 1. The van der Waals surface area contributed by atoms with Gasteiger partial charge in [-0.3, -0.25) is 4.79 Å². The number of nitrogens with zero attached hydrogens (tertiary/aromatic N) is 1. The first kappa shape index (κ1) is 26.1. The van der Waals surface area contributed by atoms with Gasteiger partial charge in [0.05, 0.1) is 12.7 Å². The van der Waals surface area contributed by atoms with Gasteiger partial charge in [0.2, 0.25) is 5.91 Å². The van der Waals surface area contributed by atoms with E-state index >= 15 is 0 Å². The summed E-state index contributed by atoms with van der Waals surface area (Å²) in [6.45, 7) is 4.04. The number of ether oxygens (including phenoxy) is 2. The Morgan fingerprint density at radius 2 is 1.88 bits per heavy atom. The molecule has 7 heteroatoms. The van der Waals surface area contributed by atoms with Gasteiger partial charge in [-0.2, -0.15) is 0 Å². The van der Waals surface area contributed by atoms with Crippen molar-refractivity contribution in [3.63, 3.8) is 0 Å². The fourth-order valence-electron chi connectivity index (χ4n) is 4.07. The standard InChI is InChI=1S/C25H39NO6/c1-18-6-4-5-7-24(29)26(3)23(25(30)32-22(11-8-18)16-19(2)28)17-20-9-12-21(13-10-20)31-15-14-27/h9-10,12-13,18-19,22-23,27-28H,4-8,11,14-17H2,1-3H3. The van der Waals surface area contributed by atoms with Gasteiger partial charge in [-0.05, 0) is 49.8 Å². The van der Waals surface area contributed by atoms with Crippen molar-refractivity contribution in [2.24, 2.45) is 5.92 Å². The van der Waals surface area contributed by atoms with Crippen LogP contribution in [0.3, 0.4) is 0 Å². The van der Waals surface area contributed by atoms with E-state index in [1.807, 2.05) is 12.1 Å². The second-order valence-corrected chi connectivity index (χ2v) is 9.01. The van der Waals surface area contributed by atoms with E-state index in [1.165, 1.54) is 4.90 Å². The first-order chi connectivity index (χ1) is 15.3. The molecule has 1 heterocycles. The largest absolute Gasteiger partial charge is 0.491 e. The van der Waals surface area contributed by atoms with E-state index in [0.29, 0.717) is 37.4 Å². The lowest BCUT2D eigenvalue weighted by Gasteiger charge is -2.29. The zero-order valence-electron chi connectivity index (χ0n) is 19.7. The van der Waals surface area contributed by atoms with Crippen molar-refractivity contribution in [3.05, 3.63) is 29.8 Å². The predicted octanol–water partition coefficient (Wildman–Crippen LogP) is 3.10. The van der Waals surface area contributed by atoms with Gasteiger partial charge in [-0.1, -0.05) is 31.9 Å². The number of esters is 1. The summed E-state index contributed by atoms with van der Waals surface area (Å²) in [5, 5.41) is 18.8. The summed E-state index contributed by atoms with van der Waals surface area (Å²) in [5.41, 5.74) is 0.882. The Kier molecular flexibility index (Phi) is 11.0. The third-order valence-electron chi connectivity index (χ3n) is 6.05. The Morgan fingerprint density at radius 3 is 2.53 bits per heavy atom. The normalized spacial score (nSPS) is 24.7. The van der Waals surface area contributed by atoms with Crippen molar-refractivity contribution < 1.29 is 29.3 Å². The van der Waals surface area contributed by atoms with Gasteiger partial charge in [0.25, 0.3) is 0 Å². The highest BCUT2D eigenvalue weighted by Crippen LogP contribution is 2.23. The van der Waals surface area contributed by atoms with Crippen LogP contribution in [0.2, 0.25) is 0 Å². The van der Waals surface area contributed by atoms with E-state index in [2.05, 4.69) is 6.92 Å². The molecule has 4 unspecified atom stereocenters. The number of carbonyl (C=O) groups is 2. The maximum Gasteiger partial charge on any atom is 0.329 e. The average molecular weight is 450 g/mol. The molecular weight excluding hydrogens is 410 g/mol. The topological polar surface area (TPSA) is 96.3 Å². The molecule has 180 valence electrons. The van der Waals surface area contributed by atoms with Crippen LogP contribution >= 0.6 is 0 Å². The van der Waals surface area contributed by atoms with E-state index in [-0.39, 0.29) is 25.2 Å². The molecular formula is C25H39NO6. The fourth-order valence-corrected chi connectivity index (χ4v) is 4.07. The highest BCUT2D eigenvalue weighted by Gasteiger charge is 2.31. The molecule has 1 aromatic rings. The SMILES string of the molecule is CC(O)CC1CCC(C)CCCCC(=O)N(C)C(Cc2ccc(OCCO)cc2)C(=O)O1. The minimum absolute atomic E-state index is 0.0605. The lowest BCUT2D eigenvalue weighted by molar-refractivity contribution is -0.160. The fraction of sp³-hybridized carbons (Fsp3) is 0.680. The molecule has 0 aliphatic carbocycles. The maximum absolute atomic E-state index is 13.2. The third kappa shape index (κ3) is 8.79. The van der Waals surface area contributed by atoms with Crippen molar-refractivity contribution in [1.82, 2.24) is 4.90 Å². The summed E-state index contributed by atoms with van der Waals surface area (Å²) in [5.74, 6) is 0.629. The molecule has 32 heavy (non-hydrogen) atoms. The Bertz CT molecular complexity index is 705. The molecule has 4 atom stereocenters. The summed E-state index contributed by atoms with van der Waals surface area (Å²) < 4.78 is 11.3. The molecule has 0 saturated carbocycles. The molecule has 1 amide bonds. The van der Waals surface area contributed by atoms with Crippen LogP contribution < -0.4 is 4.74 Å². The van der Waals surface area contributed by atoms with Gasteiger partial charge in [-0.15, -0.1) is 0 Å². The number of rotatable bonds is 7. The molecule has 1 aliphatic rings. The van der Waals surface area contributed by atoms with Crippen molar-refractivity contribution in [3.8, 4) is 5.75 Å². The maximum atomic E-state index is 13.2.